The van der Waals surface area contributed by atoms with Crippen LogP contribution in [0.3, 0.4) is 0 Å². The van der Waals surface area contributed by atoms with Gasteiger partial charge in [0, 0.05) is 4.88 Å². The van der Waals surface area contributed by atoms with Gasteiger partial charge in [-0.15, -0.1) is 11.3 Å². The number of aliphatic hydroxyl groups excluding tert-OH is 1. The molecular weight excluding hydrogens is 284 g/mol. The summed E-state index contributed by atoms with van der Waals surface area (Å²) >= 11 is 5.24. The third-order valence-corrected chi connectivity index (χ3v) is 6.57. The summed E-state index contributed by atoms with van der Waals surface area (Å²) in [5.74, 6) is 2.24. The molecule has 2 fully saturated rings. The molecule has 2 bridgehead atoms. The highest BCUT2D eigenvalue weighted by atomic mass is 79.9. The number of aryl methyl sites for hydroxylation is 1. The van der Waals surface area contributed by atoms with Gasteiger partial charge in [0.2, 0.25) is 0 Å². The quantitative estimate of drug-likeness (QED) is 0.864. The van der Waals surface area contributed by atoms with Crippen LogP contribution in [0.15, 0.2) is 9.85 Å². The molecule has 1 aromatic rings. The summed E-state index contributed by atoms with van der Waals surface area (Å²) in [5, 5.41) is 10.5. The van der Waals surface area contributed by atoms with Crippen molar-refractivity contribution in [2.24, 2.45) is 17.8 Å². The molecule has 2 aliphatic carbocycles. The Bertz CT molecular complexity index is 381. The number of hydrogen-bond donors (Lipinski definition) is 1. The topological polar surface area (TPSA) is 20.2 Å². The van der Waals surface area contributed by atoms with Crippen molar-refractivity contribution in [2.45, 2.75) is 38.7 Å². The molecule has 0 aliphatic heterocycles. The zero-order chi connectivity index (χ0) is 11.3. The molecule has 88 valence electrons. The Kier molecular flexibility index (Phi) is 2.89. The van der Waals surface area contributed by atoms with E-state index in [1.54, 1.807) is 11.3 Å². The minimum atomic E-state index is -0.217. The standard InChI is InChI=1S/C13H17BrOS/c1-7-4-11(16-13(7)14)12(15)10-6-8-2-3-9(10)5-8/h4,8-10,12,15H,2-3,5-6H2,1H3. The van der Waals surface area contributed by atoms with Gasteiger partial charge in [-0.1, -0.05) is 6.42 Å². The van der Waals surface area contributed by atoms with Crippen LogP contribution in [0, 0.1) is 24.7 Å². The molecule has 1 heterocycles. The zero-order valence-electron chi connectivity index (χ0n) is 9.45. The van der Waals surface area contributed by atoms with Crippen LogP contribution in [0.1, 0.15) is 42.2 Å². The Morgan fingerprint density at radius 2 is 2.25 bits per heavy atom. The third-order valence-electron chi connectivity index (χ3n) is 4.37. The molecule has 2 saturated carbocycles. The van der Waals surface area contributed by atoms with E-state index in [0.29, 0.717) is 5.92 Å². The normalized spacial score (nSPS) is 34.6. The Labute approximate surface area is 109 Å². The molecule has 4 atom stereocenters. The van der Waals surface area contributed by atoms with E-state index in [1.165, 1.54) is 35.0 Å². The van der Waals surface area contributed by atoms with Gasteiger partial charge in [0.05, 0.1) is 9.89 Å². The van der Waals surface area contributed by atoms with Crippen LogP contribution in [0.4, 0.5) is 0 Å². The minimum Gasteiger partial charge on any atom is -0.387 e. The third kappa shape index (κ3) is 1.77. The average Bonchev–Trinajstić information content (AvgIpc) is 2.94. The van der Waals surface area contributed by atoms with Crippen molar-refractivity contribution >= 4 is 27.3 Å². The highest BCUT2D eigenvalue weighted by molar-refractivity contribution is 9.11. The Hall–Kier alpha value is 0.140. The average molecular weight is 301 g/mol. The lowest BCUT2D eigenvalue weighted by molar-refractivity contribution is 0.0774. The summed E-state index contributed by atoms with van der Waals surface area (Å²) in [6.45, 7) is 2.09. The lowest BCUT2D eigenvalue weighted by Gasteiger charge is -2.25. The lowest BCUT2D eigenvalue weighted by atomic mass is 9.84. The maximum Gasteiger partial charge on any atom is 0.0913 e. The van der Waals surface area contributed by atoms with Gasteiger partial charge in [-0.2, -0.15) is 0 Å². The highest BCUT2D eigenvalue weighted by Gasteiger charge is 2.43. The first-order valence-electron chi connectivity index (χ1n) is 6.09. The van der Waals surface area contributed by atoms with Crippen LogP contribution in [0.25, 0.3) is 0 Å². The van der Waals surface area contributed by atoms with E-state index in [-0.39, 0.29) is 6.10 Å². The van der Waals surface area contributed by atoms with Gasteiger partial charge in [-0.3, -0.25) is 0 Å². The first-order chi connectivity index (χ1) is 7.65. The van der Waals surface area contributed by atoms with E-state index in [4.69, 9.17) is 0 Å². The maximum atomic E-state index is 10.5. The maximum absolute atomic E-state index is 10.5. The first-order valence-corrected chi connectivity index (χ1v) is 7.70. The molecule has 1 N–H and O–H groups in total. The minimum absolute atomic E-state index is 0.217. The van der Waals surface area contributed by atoms with Gasteiger partial charge in [-0.25, -0.2) is 0 Å². The van der Waals surface area contributed by atoms with E-state index in [2.05, 4.69) is 28.9 Å². The van der Waals surface area contributed by atoms with Gasteiger partial charge in [0.15, 0.2) is 0 Å². The predicted octanol–water partition coefficient (Wildman–Crippen LogP) is 4.29. The van der Waals surface area contributed by atoms with Crippen molar-refractivity contribution in [1.82, 2.24) is 0 Å². The molecule has 1 nitrogen and oxygen atoms in total. The molecular formula is C13H17BrOS. The Morgan fingerprint density at radius 1 is 1.44 bits per heavy atom. The second-order valence-electron chi connectivity index (χ2n) is 5.39. The van der Waals surface area contributed by atoms with Crippen molar-refractivity contribution in [3.05, 3.63) is 20.3 Å². The number of aliphatic hydroxyl groups is 1. The van der Waals surface area contributed by atoms with Gasteiger partial charge >= 0.3 is 0 Å². The van der Waals surface area contributed by atoms with Crippen LogP contribution >= 0.6 is 27.3 Å². The second-order valence-corrected chi connectivity index (χ2v) is 7.79. The Morgan fingerprint density at radius 3 is 2.75 bits per heavy atom. The smallest absolute Gasteiger partial charge is 0.0913 e. The van der Waals surface area contributed by atoms with Crippen molar-refractivity contribution in [3.8, 4) is 0 Å². The van der Waals surface area contributed by atoms with Crippen LogP contribution in [-0.4, -0.2) is 5.11 Å². The zero-order valence-corrected chi connectivity index (χ0v) is 11.9. The van der Waals surface area contributed by atoms with Crippen molar-refractivity contribution in [1.29, 1.82) is 0 Å². The van der Waals surface area contributed by atoms with Crippen LogP contribution in [0.2, 0.25) is 0 Å². The molecule has 16 heavy (non-hydrogen) atoms. The van der Waals surface area contributed by atoms with Crippen LogP contribution < -0.4 is 0 Å². The number of halogens is 1. The lowest BCUT2D eigenvalue weighted by Crippen LogP contribution is -2.18. The van der Waals surface area contributed by atoms with Gasteiger partial charge in [0.25, 0.3) is 0 Å². The van der Waals surface area contributed by atoms with E-state index in [9.17, 15) is 5.11 Å². The van der Waals surface area contributed by atoms with E-state index in [1.807, 2.05) is 0 Å². The second kappa shape index (κ2) is 4.11. The molecule has 0 radical (unpaired) electrons. The van der Waals surface area contributed by atoms with Gasteiger partial charge in [0.1, 0.15) is 0 Å². The fraction of sp³-hybridized carbons (Fsp3) is 0.692. The van der Waals surface area contributed by atoms with E-state index < -0.39 is 0 Å². The highest BCUT2D eigenvalue weighted by Crippen LogP contribution is 2.53. The largest absolute Gasteiger partial charge is 0.387 e. The van der Waals surface area contributed by atoms with Crippen molar-refractivity contribution in [2.75, 3.05) is 0 Å². The summed E-state index contributed by atoms with van der Waals surface area (Å²) in [4.78, 5) is 1.15. The Balaban J connectivity index is 1.80. The molecule has 0 aromatic carbocycles. The summed E-state index contributed by atoms with van der Waals surface area (Å²) in [5.41, 5.74) is 1.25. The van der Waals surface area contributed by atoms with Crippen molar-refractivity contribution < 1.29 is 5.11 Å². The van der Waals surface area contributed by atoms with Gasteiger partial charge < -0.3 is 5.11 Å². The molecule has 0 spiro atoms. The number of hydrogen-bond acceptors (Lipinski definition) is 2. The monoisotopic (exact) mass is 300 g/mol. The molecule has 4 unspecified atom stereocenters. The molecule has 2 aliphatic rings. The van der Waals surface area contributed by atoms with E-state index in [0.717, 1.165) is 16.7 Å². The number of fused-ring (bicyclic) bond motifs is 2. The summed E-state index contributed by atoms with van der Waals surface area (Å²) in [6.07, 6.45) is 5.15. The van der Waals surface area contributed by atoms with Gasteiger partial charge in [-0.05, 0) is 71.5 Å². The van der Waals surface area contributed by atoms with Crippen LogP contribution in [0.5, 0.6) is 0 Å². The molecule has 1 aromatic heterocycles. The summed E-state index contributed by atoms with van der Waals surface area (Å²) < 4.78 is 1.17. The van der Waals surface area contributed by atoms with E-state index >= 15 is 0 Å². The first kappa shape index (κ1) is 11.2. The number of rotatable bonds is 2. The molecule has 0 saturated heterocycles. The fourth-order valence-electron chi connectivity index (χ4n) is 3.52. The van der Waals surface area contributed by atoms with Crippen molar-refractivity contribution in [3.63, 3.8) is 0 Å². The summed E-state index contributed by atoms with van der Waals surface area (Å²) in [7, 11) is 0. The van der Waals surface area contributed by atoms with Crippen LogP contribution in [-0.2, 0) is 0 Å². The summed E-state index contributed by atoms with van der Waals surface area (Å²) in [6, 6.07) is 2.14. The predicted molar refractivity (Wildman–Crippen MR) is 70.7 cm³/mol. The SMILES string of the molecule is Cc1cc(C(O)C2CC3CCC2C3)sc1Br. The molecule has 3 rings (SSSR count). The fourth-order valence-corrected chi connectivity index (χ4v) is 5.15. The number of thiophene rings is 1. The molecule has 0 amide bonds. The molecule has 3 heteroatoms.